The van der Waals surface area contributed by atoms with E-state index in [1.54, 1.807) is 18.2 Å². The molecule has 0 aliphatic rings. The van der Waals surface area contributed by atoms with Crippen LogP contribution in [-0.2, 0) is 4.79 Å². The molecule has 0 atom stereocenters. The van der Waals surface area contributed by atoms with Crippen molar-refractivity contribution in [2.24, 2.45) is 0 Å². The van der Waals surface area contributed by atoms with Gasteiger partial charge in [0.15, 0.2) is 6.61 Å². The van der Waals surface area contributed by atoms with Crippen molar-refractivity contribution in [3.05, 3.63) is 53.3 Å². The summed E-state index contributed by atoms with van der Waals surface area (Å²) in [5, 5.41) is 2.87. The summed E-state index contributed by atoms with van der Waals surface area (Å²) >= 11 is 5.83. The van der Waals surface area contributed by atoms with Crippen LogP contribution in [0.25, 0.3) is 0 Å². The number of rotatable bonds is 4. The molecule has 3 N–H and O–H groups in total. The fourth-order valence-electron chi connectivity index (χ4n) is 1.51. The maximum Gasteiger partial charge on any atom is 0.262 e. The van der Waals surface area contributed by atoms with Crippen molar-refractivity contribution in [1.29, 1.82) is 0 Å². The molecule has 0 fully saturated rings. The van der Waals surface area contributed by atoms with Crippen LogP contribution < -0.4 is 15.8 Å². The molecule has 0 aliphatic heterocycles. The second-order valence-corrected chi connectivity index (χ2v) is 4.44. The number of benzene rings is 2. The van der Waals surface area contributed by atoms with Crippen LogP contribution in [0, 0.1) is 5.82 Å². The number of nitrogens with two attached hydrogens (primary N) is 1. The van der Waals surface area contributed by atoms with Crippen LogP contribution in [0.1, 0.15) is 0 Å². The van der Waals surface area contributed by atoms with Crippen LogP contribution in [0.15, 0.2) is 42.5 Å². The van der Waals surface area contributed by atoms with E-state index >= 15 is 0 Å². The molecule has 2 aromatic carbocycles. The van der Waals surface area contributed by atoms with Gasteiger partial charge in [0, 0.05) is 11.8 Å². The highest BCUT2D eigenvalue weighted by atomic mass is 35.5. The standard InChI is InChI=1S/C14H12ClFN2O2/c15-12-7-11(4-5-13(12)17)20-8-14(19)18-10-3-1-2-9(16)6-10/h1-7H,8,17H2,(H,18,19). The Balaban J connectivity index is 1.90. The third-order valence-electron chi connectivity index (χ3n) is 2.45. The van der Waals surface area contributed by atoms with Gasteiger partial charge in [0.25, 0.3) is 5.91 Å². The van der Waals surface area contributed by atoms with E-state index in [0.717, 1.165) is 0 Å². The van der Waals surface area contributed by atoms with Crippen molar-refractivity contribution in [3.63, 3.8) is 0 Å². The molecule has 0 saturated heterocycles. The summed E-state index contributed by atoms with van der Waals surface area (Å²) in [7, 11) is 0. The molecule has 0 unspecified atom stereocenters. The Kier molecular flexibility index (Phi) is 4.42. The Hall–Kier alpha value is -2.27. The Morgan fingerprint density at radius 3 is 2.80 bits per heavy atom. The molecule has 0 aliphatic carbocycles. The first-order chi connectivity index (χ1) is 9.54. The summed E-state index contributed by atoms with van der Waals surface area (Å²) in [6.45, 7) is -0.212. The topological polar surface area (TPSA) is 64.3 Å². The zero-order valence-corrected chi connectivity index (χ0v) is 11.2. The van der Waals surface area contributed by atoms with Gasteiger partial charge in [-0.25, -0.2) is 4.39 Å². The van der Waals surface area contributed by atoms with Crippen molar-refractivity contribution in [2.75, 3.05) is 17.7 Å². The molecule has 0 aromatic heterocycles. The van der Waals surface area contributed by atoms with Crippen LogP contribution in [0.2, 0.25) is 5.02 Å². The van der Waals surface area contributed by atoms with Gasteiger partial charge in [0.05, 0.1) is 10.7 Å². The lowest BCUT2D eigenvalue weighted by molar-refractivity contribution is -0.118. The molecular formula is C14H12ClFN2O2. The summed E-state index contributed by atoms with van der Waals surface area (Å²) in [5.41, 5.74) is 6.36. The number of hydrogen-bond donors (Lipinski definition) is 2. The van der Waals surface area contributed by atoms with Crippen molar-refractivity contribution in [1.82, 2.24) is 0 Å². The third kappa shape index (κ3) is 3.86. The molecule has 0 radical (unpaired) electrons. The number of nitrogens with one attached hydrogen (secondary N) is 1. The molecule has 6 heteroatoms. The highest BCUT2D eigenvalue weighted by Crippen LogP contribution is 2.24. The van der Waals surface area contributed by atoms with E-state index in [-0.39, 0.29) is 6.61 Å². The molecule has 4 nitrogen and oxygen atoms in total. The molecule has 0 spiro atoms. The monoisotopic (exact) mass is 294 g/mol. The maximum absolute atomic E-state index is 12.9. The van der Waals surface area contributed by atoms with E-state index in [1.807, 2.05) is 0 Å². The number of hydrogen-bond acceptors (Lipinski definition) is 3. The number of halogens is 2. The third-order valence-corrected chi connectivity index (χ3v) is 2.78. The minimum Gasteiger partial charge on any atom is -0.484 e. The van der Waals surface area contributed by atoms with Gasteiger partial charge in [0.2, 0.25) is 0 Å². The average molecular weight is 295 g/mol. The number of amides is 1. The predicted octanol–water partition coefficient (Wildman–Crippen LogP) is 3.08. The Morgan fingerprint density at radius 1 is 1.30 bits per heavy atom. The van der Waals surface area contributed by atoms with E-state index in [0.29, 0.717) is 22.1 Å². The van der Waals surface area contributed by atoms with Gasteiger partial charge in [-0.15, -0.1) is 0 Å². The average Bonchev–Trinajstić information content (AvgIpc) is 2.40. The van der Waals surface area contributed by atoms with Crippen molar-refractivity contribution in [3.8, 4) is 5.75 Å². The van der Waals surface area contributed by atoms with E-state index in [1.165, 1.54) is 24.3 Å². The lowest BCUT2D eigenvalue weighted by Crippen LogP contribution is -2.20. The van der Waals surface area contributed by atoms with Crippen molar-refractivity contribution in [2.45, 2.75) is 0 Å². The molecule has 1 amide bonds. The van der Waals surface area contributed by atoms with Gasteiger partial charge in [-0.3, -0.25) is 4.79 Å². The van der Waals surface area contributed by atoms with Crippen LogP contribution in [0.4, 0.5) is 15.8 Å². The summed E-state index contributed by atoms with van der Waals surface area (Å²) in [6.07, 6.45) is 0. The lowest BCUT2D eigenvalue weighted by atomic mass is 10.3. The first kappa shape index (κ1) is 14.1. The van der Waals surface area contributed by atoms with E-state index in [2.05, 4.69) is 5.32 Å². The fraction of sp³-hybridized carbons (Fsp3) is 0.0714. The zero-order chi connectivity index (χ0) is 14.5. The molecule has 2 aromatic rings. The fourth-order valence-corrected chi connectivity index (χ4v) is 1.68. The molecule has 2 rings (SSSR count). The molecule has 0 bridgehead atoms. The van der Waals surface area contributed by atoms with Crippen molar-refractivity contribution >= 4 is 28.9 Å². The molecule has 20 heavy (non-hydrogen) atoms. The van der Waals surface area contributed by atoms with Crippen molar-refractivity contribution < 1.29 is 13.9 Å². The highest BCUT2D eigenvalue weighted by Gasteiger charge is 2.05. The predicted molar refractivity (Wildman–Crippen MR) is 76.4 cm³/mol. The first-order valence-corrected chi connectivity index (χ1v) is 6.15. The van der Waals surface area contributed by atoms with E-state index < -0.39 is 11.7 Å². The van der Waals surface area contributed by atoms with Gasteiger partial charge in [-0.1, -0.05) is 17.7 Å². The number of anilines is 2. The van der Waals surface area contributed by atoms with E-state index in [9.17, 15) is 9.18 Å². The van der Waals surface area contributed by atoms with Crippen LogP contribution in [0.3, 0.4) is 0 Å². The molecule has 0 saturated carbocycles. The zero-order valence-electron chi connectivity index (χ0n) is 10.4. The number of carbonyl (C=O) groups is 1. The van der Waals surface area contributed by atoms with Gasteiger partial charge in [-0.2, -0.15) is 0 Å². The minimum absolute atomic E-state index is 0.212. The highest BCUT2D eigenvalue weighted by molar-refractivity contribution is 6.33. The van der Waals surface area contributed by atoms with Crippen LogP contribution >= 0.6 is 11.6 Å². The number of carbonyl (C=O) groups excluding carboxylic acids is 1. The van der Waals surface area contributed by atoms with Crippen LogP contribution in [-0.4, -0.2) is 12.5 Å². The molecule has 0 heterocycles. The second-order valence-electron chi connectivity index (χ2n) is 4.03. The number of nitrogen functional groups attached to an aromatic ring is 1. The van der Waals surface area contributed by atoms with Gasteiger partial charge >= 0.3 is 0 Å². The Bertz CT molecular complexity index is 634. The lowest BCUT2D eigenvalue weighted by Gasteiger charge is -2.08. The Labute approximate surface area is 120 Å². The summed E-state index contributed by atoms with van der Waals surface area (Å²) in [4.78, 5) is 11.6. The summed E-state index contributed by atoms with van der Waals surface area (Å²) < 4.78 is 18.2. The Morgan fingerprint density at radius 2 is 2.10 bits per heavy atom. The SMILES string of the molecule is Nc1ccc(OCC(=O)Nc2cccc(F)c2)cc1Cl. The van der Waals surface area contributed by atoms with Gasteiger partial charge in [-0.05, 0) is 30.3 Å². The smallest absolute Gasteiger partial charge is 0.262 e. The second kappa shape index (κ2) is 6.25. The summed E-state index contributed by atoms with van der Waals surface area (Å²) in [6, 6.07) is 10.3. The van der Waals surface area contributed by atoms with Crippen LogP contribution in [0.5, 0.6) is 5.75 Å². The number of ether oxygens (including phenoxy) is 1. The minimum atomic E-state index is -0.422. The van der Waals surface area contributed by atoms with E-state index in [4.69, 9.17) is 22.1 Å². The maximum atomic E-state index is 12.9. The van der Waals surface area contributed by atoms with Gasteiger partial charge < -0.3 is 15.8 Å². The summed E-state index contributed by atoms with van der Waals surface area (Å²) in [5.74, 6) is -0.392. The first-order valence-electron chi connectivity index (χ1n) is 5.78. The molecular weight excluding hydrogens is 283 g/mol. The normalized spacial score (nSPS) is 10.1. The van der Waals surface area contributed by atoms with Gasteiger partial charge in [0.1, 0.15) is 11.6 Å². The molecule has 104 valence electrons. The quantitative estimate of drug-likeness (QED) is 0.852. The largest absolute Gasteiger partial charge is 0.484 e.